The molecule has 1 aliphatic rings. The zero-order valence-electron chi connectivity index (χ0n) is 12.2. The van der Waals surface area contributed by atoms with Gasteiger partial charge in [0.1, 0.15) is 18.7 Å². The summed E-state index contributed by atoms with van der Waals surface area (Å²) in [4.78, 5) is 17.9. The number of amides is 1. The van der Waals surface area contributed by atoms with E-state index in [4.69, 9.17) is 4.74 Å². The van der Waals surface area contributed by atoms with Crippen LogP contribution >= 0.6 is 0 Å². The summed E-state index contributed by atoms with van der Waals surface area (Å²) in [7, 11) is 3.43. The van der Waals surface area contributed by atoms with Gasteiger partial charge in [-0.3, -0.25) is 9.36 Å². The molecule has 2 aromatic rings. The number of hydrogen-bond donors (Lipinski definition) is 0. The van der Waals surface area contributed by atoms with Gasteiger partial charge in [0.15, 0.2) is 5.69 Å². The molecule has 0 unspecified atom stereocenters. The van der Waals surface area contributed by atoms with Crippen molar-refractivity contribution in [3.8, 4) is 11.4 Å². The number of carbonyl (C=O) groups is 1. The van der Waals surface area contributed by atoms with Gasteiger partial charge in [0.2, 0.25) is 0 Å². The molecule has 1 aliphatic heterocycles. The van der Waals surface area contributed by atoms with E-state index in [-0.39, 0.29) is 5.91 Å². The van der Waals surface area contributed by atoms with Gasteiger partial charge in [-0.1, -0.05) is 18.2 Å². The highest BCUT2D eigenvalue weighted by Gasteiger charge is 2.26. The Labute approximate surface area is 123 Å². The number of imidazole rings is 1. The van der Waals surface area contributed by atoms with E-state index in [1.807, 2.05) is 28.8 Å². The Kier molecular flexibility index (Phi) is 3.25. The predicted molar refractivity (Wildman–Crippen MR) is 79.8 cm³/mol. The standard InChI is InChI=1S/C16H17N3O2/c1-4-6-11-7-5-8-12-15(11)21-9-13-14(16(20)18(2)3)17-10-19(12)13/h4-5,7-8,10H,1,6,9H2,2-3H3. The van der Waals surface area contributed by atoms with Crippen molar-refractivity contribution in [2.45, 2.75) is 13.0 Å². The molecule has 5 heteroatoms. The molecule has 5 nitrogen and oxygen atoms in total. The molecule has 0 bridgehead atoms. The number of aromatic nitrogens is 2. The van der Waals surface area contributed by atoms with Crippen LogP contribution in [0.1, 0.15) is 21.7 Å². The Balaban J connectivity index is 2.11. The van der Waals surface area contributed by atoms with Crippen LogP contribution in [0.5, 0.6) is 5.75 Å². The van der Waals surface area contributed by atoms with E-state index in [1.54, 1.807) is 20.4 Å². The minimum Gasteiger partial charge on any atom is -0.485 e. The van der Waals surface area contributed by atoms with Crippen LogP contribution in [-0.4, -0.2) is 34.5 Å². The van der Waals surface area contributed by atoms with Gasteiger partial charge in [0, 0.05) is 19.7 Å². The Morgan fingerprint density at radius 2 is 2.33 bits per heavy atom. The summed E-state index contributed by atoms with van der Waals surface area (Å²) in [6.45, 7) is 4.11. The molecule has 1 amide bonds. The van der Waals surface area contributed by atoms with Crippen LogP contribution in [0.4, 0.5) is 0 Å². The van der Waals surface area contributed by atoms with E-state index in [9.17, 15) is 4.79 Å². The fraction of sp³-hybridized carbons (Fsp3) is 0.250. The molecule has 1 aromatic heterocycles. The van der Waals surface area contributed by atoms with Gasteiger partial charge >= 0.3 is 0 Å². The lowest BCUT2D eigenvalue weighted by molar-refractivity contribution is 0.0819. The molecule has 0 saturated heterocycles. The van der Waals surface area contributed by atoms with Crippen molar-refractivity contribution < 1.29 is 9.53 Å². The van der Waals surface area contributed by atoms with Crippen molar-refractivity contribution in [1.82, 2.24) is 14.5 Å². The van der Waals surface area contributed by atoms with Crippen LogP contribution in [0.15, 0.2) is 37.2 Å². The SMILES string of the molecule is C=CCc1cccc2c1OCc1c(C(=O)N(C)C)ncn1-2. The quantitative estimate of drug-likeness (QED) is 0.811. The van der Waals surface area contributed by atoms with Crippen LogP contribution in [0.2, 0.25) is 0 Å². The van der Waals surface area contributed by atoms with Gasteiger partial charge in [-0.15, -0.1) is 6.58 Å². The molecule has 1 aromatic carbocycles. The number of ether oxygens (including phenoxy) is 1. The third kappa shape index (κ3) is 2.11. The first-order valence-corrected chi connectivity index (χ1v) is 6.77. The Hall–Kier alpha value is -2.56. The van der Waals surface area contributed by atoms with Crippen molar-refractivity contribution in [2.75, 3.05) is 14.1 Å². The molecule has 3 rings (SSSR count). The van der Waals surface area contributed by atoms with E-state index in [0.717, 1.165) is 29.1 Å². The topological polar surface area (TPSA) is 47.4 Å². The van der Waals surface area contributed by atoms with E-state index < -0.39 is 0 Å². The third-order valence-corrected chi connectivity index (χ3v) is 3.53. The molecular formula is C16H17N3O2. The molecule has 0 radical (unpaired) electrons. The molecule has 0 saturated carbocycles. The molecule has 0 N–H and O–H groups in total. The van der Waals surface area contributed by atoms with Crippen molar-refractivity contribution in [3.05, 3.63) is 54.1 Å². The lowest BCUT2D eigenvalue weighted by atomic mass is 10.1. The number of allylic oxidation sites excluding steroid dienone is 1. The Morgan fingerprint density at radius 3 is 3.05 bits per heavy atom. The van der Waals surface area contributed by atoms with Crippen LogP contribution in [0.25, 0.3) is 5.69 Å². The van der Waals surface area contributed by atoms with E-state index in [0.29, 0.717) is 12.3 Å². The van der Waals surface area contributed by atoms with Gasteiger partial charge < -0.3 is 9.64 Å². The summed E-state index contributed by atoms with van der Waals surface area (Å²) in [5.74, 6) is 0.726. The first kappa shape index (κ1) is 13.4. The van der Waals surface area contributed by atoms with Crippen LogP contribution in [0.3, 0.4) is 0 Å². The summed E-state index contributed by atoms with van der Waals surface area (Å²) in [5, 5.41) is 0. The summed E-state index contributed by atoms with van der Waals surface area (Å²) >= 11 is 0. The first-order valence-electron chi connectivity index (χ1n) is 6.77. The lowest BCUT2D eigenvalue weighted by Gasteiger charge is -2.23. The fourth-order valence-corrected chi connectivity index (χ4v) is 2.49. The van der Waals surface area contributed by atoms with E-state index in [1.165, 1.54) is 4.90 Å². The van der Waals surface area contributed by atoms with Gasteiger partial charge in [-0.05, 0) is 12.5 Å². The summed E-state index contributed by atoms with van der Waals surface area (Å²) < 4.78 is 7.82. The van der Waals surface area contributed by atoms with Crippen molar-refractivity contribution >= 4 is 5.91 Å². The Bertz CT molecular complexity index is 716. The number of fused-ring (bicyclic) bond motifs is 3. The molecular weight excluding hydrogens is 266 g/mol. The predicted octanol–water partition coefficient (Wildman–Crippen LogP) is 2.20. The second-order valence-electron chi connectivity index (χ2n) is 5.16. The number of hydrogen-bond acceptors (Lipinski definition) is 3. The van der Waals surface area contributed by atoms with Gasteiger partial charge in [-0.25, -0.2) is 4.98 Å². The summed E-state index contributed by atoms with van der Waals surface area (Å²) in [5.41, 5.74) is 3.24. The molecule has 0 spiro atoms. The van der Waals surface area contributed by atoms with Crippen molar-refractivity contribution in [3.63, 3.8) is 0 Å². The summed E-state index contributed by atoms with van der Waals surface area (Å²) in [6, 6.07) is 5.97. The van der Waals surface area contributed by atoms with Crippen LogP contribution in [0, 0.1) is 0 Å². The maximum Gasteiger partial charge on any atom is 0.273 e. The zero-order chi connectivity index (χ0) is 15.0. The third-order valence-electron chi connectivity index (χ3n) is 3.53. The first-order chi connectivity index (χ1) is 10.1. The minimum atomic E-state index is -0.113. The maximum absolute atomic E-state index is 12.1. The minimum absolute atomic E-state index is 0.113. The van der Waals surface area contributed by atoms with Crippen molar-refractivity contribution in [1.29, 1.82) is 0 Å². The monoisotopic (exact) mass is 283 g/mol. The smallest absolute Gasteiger partial charge is 0.273 e. The highest BCUT2D eigenvalue weighted by Crippen LogP contribution is 2.34. The van der Waals surface area contributed by atoms with Crippen LogP contribution < -0.4 is 4.74 Å². The Morgan fingerprint density at radius 1 is 1.52 bits per heavy atom. The zero-order valence-corrected chi connectivity index (χ0v) is 12.2. The maximum atomic E-state index is 12.1. The molecule has 21 heavy (non-hydrogen) atoms. The van der Waals surface area contributed by atoms with E-state index in [2.05, 4.69) is 11.6 Å². The largest absolute Gasteiger partial charge is 0.485 e. The summed E-state index contributed by atoms with van der Waals surface area (Å²) in [6.07, 6.45) is 4.28. The second-order valence-corrected chi connectivity index (χ2v) is 5.16. The van der Waals surface area contributed by atoms with E-state index >= 15 is 0 Å². The highest BCUT2D eigenvalue weighted by molar-refractivity contribution is 5.93. The number of carbonyl (C=O) groups excluding carboxylic acids is 1. The lowest BCUT2D eigenvalue weighted by Crippen LogP contribution is -2.25. The average Bonchev–Trinajstić information content (AvgIpc) is 2.91. The molecule has 2 heterocycles. The van der Waals surface area contributed by atoms with Crippen molar-refractivity contribution in [2.24, 2.45) is 0 Å². The average molecular weight is 283 g/mol. The molecule has 0 fully saturated rings. The second kappa shape index (κ2) is 5.09. The molecule has 0 atom stereocenters. The fourth-order valence-electron chi connectivity index (χ4n) is 2.49. The normalized spacial score (nSPS) is 12.1. The number of benzene rings is 1. The highest BCUT2D eigenvalue weighted by atomic mass is 16.5. The molecule has 0 aliphatic carbocycles. The number of nitrogens with zero attached hydrogens (tertiary/aromatic N) is 3. The van der Waals surface area contributed by atoms with Crippen LogP contribution in [-0.2, 0) is 13.0 Å². The van der Waals surface area contributed by atoms with Gasteiger partial charge in [0.05, 0.1) is 11.4 Å². The number of para-hydroxylation sites is 1. The van der Waals surface area contributed by atoms with Gasteiger partial charge in [-0.2, -0.15) is 0 Å². The van der Waals surface area contributed by atoms with Gasteiger partial charge in [0.25, 0.3) is 5.91 Å². The number of rotatable bonds is 3. The molecule has 108 valence electrons.